The van der Waals surface area contributed by atoms with Crippen molar-refractivity contribution in [2.75, 3.05) is 11.9 Å². The molecule has 3 rings (SSSR count). The summed E-state index contributed by atoms with van der Waals surface area (Å²) in [5.41, 5.74) is 3.31. The second kappa shape index (κ2) is 5.23. The van der Waals surface area contributed by atoms with Gasteiger partial charge in [-0.15, -0.1) is 0 Å². The number of nitrogens with zero attached hydrogens (tertiary/aromatic N) is 2. The number of carbonyl (C=O) groups excluding carboxylic acids is 1. The van der Waals surface area contributed by atoms with Crippen molar-refractivity contribution in [3.63, 3.8) is 0 Å². The molecule has 2 aromatic rings. The summed E-state index contributed by atoms with van der Waals surface area (Å²) in [5, 5.41) is 1.19. The summed E-state index contributed by atoms with van der Waals surface area (Å²) >= 11 is 0. The lowest BCUT2D eigenvalue weighted by Gasteiger charge is -2.33. The number of carbonyl (C=O) groups is 1. The maximum atomic E-state index is 11.4. The van der Waals surface area contributed by atoms with Crippen LogP contribution in [0.1, 0.15) is 31.4 Å². The number of anilines is 1. The fourth-order valence-corrected chi connectivity index (χ4v) is 3.09. The number of hydrogen-bond acceptors (Lipinski definition) is 3. The lowest BCUT2D eigenvalue weighted by atomic mass is 9.93. The van der Waals surface area contributed by atoms with Crippen molar-refractivity contribution in [3.8, 4) is 0 Å². The zero-order valence-electron chi connectivity index (χ0n) is 12.1. The highest BCUT2D eigenvalue weighted by molar-refractivity contribution is 5.92. The van der Waals surface area contributed by atoms with Crippen LogP contribution in [-0.4, -0.2) is 23.9 Å². The van der Waals surface area contributed by atoms with Crippen LogP contribution in [0.2, 0.25) is 0 Å². The maximum absolute atomic E-state index is 11.4. The first-order valence-electron chi connectivity index (χ1n) is 7.26. The van der Waals surface area contributed by atoms with E-state index in [9.17, 15) is 4.79 Å². The van der Waals surface area contributed by atoms with E-state index in [4.69, 9.17) is 0 Å². The number of pyridine rings is 1. The van der Waals surface area contributed by atoms with Crippen molar-refractivity contribution in [2.24, 2.45) is 0 Å². The van der Waals surface area contributed by atoms with E-state index in [0.29, 0.717) is 11.8 Å². The molecule has 0 radical (unpaired) electrons. The highest BCUT2D eigenvalue weighted by Crippen LogP contribution is 2.30. The summed E-state index contributed by atoms with van der Waals surface area (Å²) in [4.78, 5) is 18.3. The first-order chi connectivity index (χ1) is 9.65. The molecule has 20 heavy (non-hydrogen) atoms. The summed E-state index contributed by atoms with van der Waals surface area (Å²) in [6.07, 6.45) is 3.37. The van der Waals surface area contributed by atoms with Crippen LogP contribution in [0.3, 0.4) is 0 Å². The van der Waals surface area contributed by atoms with Crippen LogP contribution in [0.4, 0.5) is 5.69 Å². The van der Waals surface area contributed by atoms with E-state index in [1.165, 1.54) is 11.1 Å². The summed E-state index contributed by atoms with van der Waals surface area (Å²) < 4.78 is 0. The third kappa shape index (κ3) is 2.40. The normalized spacial score (nSPS) is 16.6. The Morgan fingerprint density at radius 2 is 1.90 bits per heavy atom. The summed E-state index contributed by atoms with van der Waals surface area (Å²) in [6.45, 7) is 2.04. The predicted octanol–water partition coefficient (Wildman–Crippen LogP) is 3.49. The number of aryl methyl sites for hydroxylation is 1. The minimum Gasteiger partial charge on any atom is -0.371 e. The van der Waals surface area contributed by atoms with Gasteiger partial charge in [-0.3, -0.25) is 9.78 Å². The molecule has 1 aromatic heterocycles. The first-order valence-corrected chi connectivity index (χ1v) is 7.26. The molecule has 104 valence electrons. The molecular formula is C17H20N2O. The molecule has 0 bridgehead atoms. The van der Waals surface area contributed by atoms with Gasteiger partial charge in [0.05, 0.1) is 5.52 Å². The Kier molecular flexibility index (Phi) is 3.43. The monoisotopic (exact) mass is 268 g/mol. The number of hydrogen-bond donors (Lipinski definition) is 0. The minimum absolute atomic E-state index is 0.408. The van der Waals surface area contributed by atoms with E-state index in [1.54, 1.807) is 0 Å². The summed E-state index contributed by atoms with van der Waals surface area (Å²) in [5.74, 6) is 0.408. The third-order valence-electron chi connectivity index (χ3n) is 4.26. The number of aromatic nitrogens is 1. The highest BCUT2D eigenvalue weighted by atomic mass is 16.1. The lowest BCUT2D eigenvalue weighted by molar-refractivity contribution is -0.120. The van der Waals surface area contributed by atoms with Gasteiger partial charge in [0.15, 0.2) is 0 Å². The molecule has 3 heteroatoms. The van der Waals surface area contributed by atoms with Crippen LogP contribution in [0.5, 0.6) is 0 Å². The molecule has 1 heterocycles. The van der Waals surface area contributed by atoms with E-state index >= 15 is 0 Å². The van der Waals surface area contributed by atoms with Crippen LogP contribution in [0, 0.1) is 6.92 Å². The SMILES string of the molecule is Cc1cc(N(C)C2CCC(=O)CC2)c2ccccc2n1. The van der Waals surface area contributed by atoms with Gasteiger partial charge in [-0.2, -0.15) is 0 Å². The highest BCUT2D eigenvalue weighted by Gasteiger charge is 2.23. The van der Waals surface area contributed by atoms with E-state index in [2.05, 4.69) is 41.2 Å². The number of para-hydroxylation sites is 1. The Bertz CT molecular complexity index is 640. The van der Waals surface area contributed by atoms with Gasteiger partial charge < -0.3 is 4.90 Å². The Morgan fingerprint density at radius 1 is 1.20 bits per heavy atom. The second-order valence-electron chi connectivity index (χ2n) is 5.68. The van der Waals surface area contributed by atoms with Gasteiger partial charge in [-0.05, 0) is 31.9 Å². The van der Waals surface area contributed by atoms with E-state index in [1.807, 2.05) is 13.0 Å². The average Bonchev–Trinajstić information content (AvgIpc) is 2.46. The molecule has 1 aromatic carbocycles. The number of ketones is 1. The van der Waals surface area contributed by atoms with Gasteiger partial charge >= 0.3 is 0 Å². The molecule has 3 nitrogen and oxygen atoms in total. The molecule has 0 aliphatic heterocycles. The Balaban J connectivity index is 1.98. The smallest absolute Gasteiger partial charge is 0.133 e. The number of Topliss-reactive ketones (excluding diaryl/α,β-unsaturated/α-hetero) is 1. The Hall–Kier alpha value is -1.90. The van der Waals surface area contributed by atoms with Crippen molar-refractivity contribution in [3.05, 3.63) is 36.0 Å². The largest absolute Gasteiger partial charge is 0.371 e. The average molecular weight is 268 g/mol. The molecule has 1 aliphatic carbocycles. The van der Waals surface area contributed by atoms with Gasteiger partial charge in [0, 0.05) is 42.7 Å². The summed E-state index contributed by atoms with van der Waals surface area (Å²) in [6, 6.07) is 10.9. The van der Waals surface area contributed by atoms with Gasteiger partial charge in [0.25, 0.3) is 0 Å². The minimum atomic E-state index is 0.408. The van der Waals surface area contributed by atoms with Crippen molar-refractivity contribution in [1.29, 1.82) is 0 Å². The van der Waals surface area contributed by atoms with Gasteiger partial charge in [-0.1, -0.05) is 18.2 Å². The molecular weight excluding hydrogens is 248 g/mol. The van der Waals surface area contributed by atoms with Crippen molar-refractivity contribution >= 4 is 22.4 Å². The molecule has 0 saturated heterocycles. The van der Waals surface area contributed by atoms with Crippen LogP contribution < -0.4 is 4.90 Å². The topological polar surface area (TPSA) is 33.2 Å². The predicted molar refractivity (Wildman–Crippen MR) is 82.1 cm³/mol. The first kappa shape index (κ1) is 13.1. The van der Waals surface area contributed by atoms with Crippen LogP contribution in [0.15, 0.2) is 30.3 Å². The molecule has 1 fully saturated rings. The van der Waals surface area contributed by atoms with E-state index in [0.717, 1.165) is 36.9 Å². The maximum Gasteiger partial charge on any atom is 0.133 e. The Labute approximate surface area is 119 Å². The Morgan fingerprint density at radius 3 is 2.65 bits per heavy atom. The molecule has 0 amide bonds. The van der Waals surface area contributed by atoms with Crippen LogP contribution in [-0.2, 0) is 4.79 Å². The molecule has 1 saturated carbocycles. The number of rotatable bonds is 2. The second-order valence-corrected chi connectivity index (χ2v) is 5.68. The van der Waals surface area contributed by atoms with Crippen molar-refractivity contribution < 1.29 is 4.79 Å². The quantitative estimate of drug-likeness (QED) is 0.836. The van der Waals surface area contributed by atoms with E-state index in [-0.39, 0.29) is 0 Å². The molecule has 0 unspecified atom stereocenters. The fraction of sp³-hybridized carbons (Fsp3) is 0.412. The van der Waals surface area contributed by atoms with Crippen LogP contribution >= 0.6 is 0 Å². The molecule has 0 spiro atoms. The van der Waals surface area contributed by atoms with Crippen molar-refractivity contribution in [1.82, 2.24) is 4.98 Å². The number of benzene rings is 1. The zero-order chi connectivity index (χ0) is 14.1. The zero-order valence-corrected chi connectivity index (χ0v) is 12.1. The van der Waals surface area contributed by atoms with Gasteiger partial charge in [0.2, 0.25) is 0 Å². The standard InChI is InChI=1S/C17H20N2O/c1-12-11-17(15-5-3-4-6-16(15)18-12)19(2)13-7-9-14(20)10-8-13/h3-6,11,13H,7-10H2,1-2H3. The molecule has 1 aliphatic rings. The lowest BCUT2D eigenvalue weighted by Crippen LogP contribution is -2.35. The van der Waals surface area contributed by atoms with E-state index < -0.39 is 0 Å². The van der Waals surface area contributed by atoms with Gasteiger partial charge in [-0.25, -0.2) is 0 Å². The molecule has 0 atom stereocenters. The fourth-order valence-electron chi connectivity index (χ4n) is 3.09. The number of fused-ring (bicyclic) bond motifs is 1. The summed E-state index contributed by atoms with van der Waals surface area (Å²) in [7, 11) is 2.14. The van der Waals surface area contributed by atoms with Crippen molar-refractivity contribution in [2.45, 2.75) is 38.6 Å². The van der Waals surface area contributed by atoms with Crippen LogP contribution in [0.25, 0.3) is 10.9 Å². The molecule has 0 N–H and O–H groups in total. The van der Waals surface area contributed by atoms with Gasteiger partial charge in [0.1, 0.15) is 5.78 Å². The third-order valence-corrected chi connectivity index (χ3v) is 4.26.